The summed E-state index contributed by atoms with van der Waals surface area (Å²) in [5, 5.41) is 5.66. The van der Waals surface area contributed by atoms with E-state index < -0.39 is 23.0 Å². The Labute approximate surface area is 202 Å². The van der Waals surface area contributed by atoms with Crippen LogP contribution in [0, 0.1) is 6.92 Å². The molecule has 1 unspecified atom stereocenters. The SMILES string of the molecule is C=C1CCC(n2c(C)nc3cccc(CNC(=O)c4ccc(SC(F)(F)F)cc4)c3c2=O)C(=O)N1. The zero-order chi connectivity index (χ0) is 25.3. The van der Waals surface area contributed by atoms with Crippen LogP contribution in [0.5, 0.6) is 0 Å². The second-order valence-electron chi connectivity index (χ2n) is 8.05. The maximum Gasteiger partial charge on any atom is 0.446 e. The maximum absolute atomic E-state index is 13.5. The van der Waals surface area contributed by atoms with E-state index in [0.29, 0.717) is 35.4 Å². The van der Waals surface area contributed by atoms with Crippen molar-refractivity contribution in [2.75, 3.05) is 0 Å². The number of alkyl halides is 3. The fraction of sp³-hybridized carbons (Fsp3) is 0.250. The van der Waals surface area contributed by atoms with Gasteiger partial charge in [-0.15, -0.1) is 0 Å². The van der Waals surface area contributed by atoms with Gasteiger partial charge in [-0.1, -0.05) is 18.7 Å². The quantitative estimate of drug-likeness (QED) is 0.510. The molecule has 0 bridgehead atoms. The van der Waals surface area contributed by atoms with E-state index in [0.717, 1.165) is 0 Å². The van der Waals surface area contributed by atoms with Gasteiger partial charge in [-0.25, -0.2) is 4.98 Å². The number of hydrogen-bond donors (Lipinski definition) is 2. The largest absolute Gasteiger partial charge is 0.446 e. The Bertz CT molecular complexity index is 1380. The van der Waals surface area contributed by atoms with Gasteiger partial charge in [0.05, 0.1) is 10.9 Å². The van der Waals surface area contributed by atoms with Gasteiger partial charge in [0.15, 0.2) is 0 Å². The summed E-state index contributed by atoms with van der Waals surface area (Å²) in [7, 11) is 0. The van der Waals surface area contributed by atoms with E-state index in [1.54, 1.807) is 25.1 Å². The molecule has 2 amide bonds. The van der Waals surface area contributed by atoms with Gasteiger partial charge < -0.3 is 10.6 Å². The van der Waals surface area contributed by atoms with Crippen LogP contribution in [0.3, 0.4) is 0 Å². The van der Waals surface area contributed by atoms with E-state index in [-0.39, 0.29) is 40.1 Å². The number of piperidine rings is 1. The number of carbonyl (C=O) groups is 2. The molecule has 1 aliphatic rings. The van der Waals surface area contributed by atoms with Crippen LogP contribution in [0.2, 0.25) is 0 Å². The molecule has 3 aromatic rings. The number of rotatable bonds is 5. The highest BCUT2D eigenvalue weighted by molar-refractivity contribution is 8.00. The number of nitrogens with one attached hydrogen (secondary N) is 2. The first-order valence-electron chi connectivity index (χ1n) is 10.7. The van der Waals surface area contributed by atoms with E-state index in [4.69, 9.17) is 0 Å². The summed E-state index contributed by atoms with van der Waals surface area (Å²) < 4.78 is 38.9. The van der Waals surface area contributed by atoms with Crippen molar-refractivity contribution in [3.63, 3.8) is 0 Å². The first kappa shape index (κ1) is 24.5. The van der Waals surface area contributed by atoms with Gasteiger partial charge in [0.2, 0.25) is 5.91 Å². The van der Waals surface area contributed by atoms with Crippen molar-refractivity contribution in [3.05, 3.63) is 82.0 Å². The minimum absolute atomic E-state index is 0.0110. The molecule has 1 fully saturated rings. The highest BCUT2D eigenvalue weighted by Crippen LogP contribution is 2.36. The molecule has 0 radical (unpaired) electrons. The normalized spacial score (nSPS) is 16.3. The van der Waals surface area contributed by atoms with Crippen molar-refractivity contribution in [3.8, 4) is 0 Å². The molecule has 1 atom stereocenters. The number of carbonyl (C=O) groups excluding carboxylic acids is 2. The molecule has 0 saturated carbocycles. The number of allylic oxidation sites excluding steroid dienone is 1. The highest BCUT2D eigenvalue weighted by atomic mass is 32.2. The molecule has 2 heterocycles. The first-order valence-corrected chi connectivity index (χ1v) is 11.5. The van der Waals surface area contributed by atoms with Gasteiger partial charge in [0.25, 0.3) is 11.5 Å². The predicted molar refractivity (Wildman–Crippen MR) is 126 cm³/mol. The Kier molecular flexibility index (Phi) is 6.70. The smallest absolute Gasteiger partial charge is 0.348 e. The van der Waals surface area contributed by atoms with Gasteiger partial charge in [-0.3, -0.25) is 19.0 Å². The number of fused-ring (bicyclic) bond motifs is 1. The first-order chi connectivity index (χ1) is 16.5. The van der Waals surface area contributed by atoms with Gasteiger partial charge in [0.1, 0.15) is 11.9 Å². The summed E-state index contributed by atoms with van der Waals surface area (Å²) in [4.78, 5) is 43.1. The van der Waals surface area contributed by atoms with Crippen LogP contribution in [0.4, 0.5) is 13.2 Å². The Balaban J connectivity index is 1.59. The fourth-order valence-corrected chi connectivity index (χ4v) is 4.57. The number of thioether (sulfide) groups is 1. The standard InChI is InChI=1S/C24H21F3N4O3S/c1-13-6-11-19(22(33)29-13)31-14(2)30-18-5-3-4-16(20(18)23(31)34)12-28-21(32)15-7-9-17(10-8-15)35-24(25,26)27/h3-5,7-10,19H,1,6,11-12H2,2H3,(H,28,32)(H,29,33). The average Bonchev–Trinajstić information content (AvgIpc) is 2.78. The molecule has 4 rings (SSSR count). The van der Waals surface area contributed by atoms with Gasteiger partial charge in [0, 0.05) is 22.7 Å². The summed E-state index contributed by atoms with van der Waals surface area (Å²) in [6.45, 7) is 5.41. The zero-order valence-corrected chi connectivity index (χ0v) is 19.4. The van der Waals surface area contributed by atoms with Crippen LogP contribution in [0.15, 0.2) is 64.4 Å². The number of amides is 2. The number of halogens is 3. The molecule has 1 saturated heterocycles. The zero-order valence-electron chi connectivity index (χ0n) is 18.6. The predicted octanol–water partition coefficient (Wildman–Crippen LogP) is 4.21. The molecule has 2 N–H and O–H groups in total. The van der Waals surface area contributed by atoms with Gasteiger partial charge in [-0.2, -0.15) is 13.2 Å². The third-order valence-corrected chi connectivity index (χ3v) is 6.35. The van der Waals surface area contributed by atoms with Crippen LogP contribution < -0.4 is 16.2 Å². The van der Waals surface area contributed by atoms with Gasteiger partial charge >= 0.3 is 5.51 Å². The lowest BCUT2D eigenvalue weighted by atomic mass is 10.0. The molecule has 7 nitrogen and oxygen atoms in total. The number of benzene rings is 2. The van der Waals surface area contributed by atoms with Gasteiger partial charge in [-0.05, 0) is 67.4 Å². The molecule has 1 aromatic heterocycles. The molecular weight excluding hydrogens is 481 g/mol. The summed E-state index contributed by atoms with van der Waals surface area (Å²) in [5.74, 6) is -0.435. The van der Waals surface area contributed by atoms with Crippen LogP contribution in [0.1, 0.15) is 40.6 Å². The van der Waals surface area contributed by atoms with Crippen molar-refractivity contribution in [1.82, 2.24) is 20.2 Å². The molecule has 0 spiro atoms. The lowest BCUT2D eigenvalue weighted by Gasteiger charge is -2.26. The highest BCUT2D eigenvalue weighted by Gasteiger charge is 2.30. The minimum Gasteiger partial charge on any atom is -0.348 e. The molecule has 1 aliphatic heterocycles. The Morgan fingerprint density at radius 2 is 1.94 bits per heavy atom. The molecular formula is C24H21F3N4O3S. The van der Waals surface area contributed by atoms with Crippen LogP contribution in [-0.2, 0) is 11.3 Å². The Morgan fingerprint density at radius 3 is 2.60 bits per heavy atom. The minimum atomic E-state index is -4.41. The summed E-state index contributed by atoms with van der Waals surface area (Å²) in [6.07, 6.45) is 0.957. The monoisotopic (exact) mass is 502 g/mol. The third-order valence-electron chi connectivity index (χ3n) is 5.62. The number of nitrogens with zero attached hydrogens (tertiary/aromatic N) is 2. The van der Waals surface area contributed by atoms with Crippen LogP contribution >= 0.6 is 11.8 Å². The van der Waals surface area contributed by atoms with Crippen molar-refractivity contribution >= 4 is 34.5 Å². The summed E-state index contributed by atoms with van der Waals surface area (Å²) in [5.41, 5.74) is -3.08. The van der Waals surface area contributed by atoms with Crippen molar-refractivity contribution in [2.45, 2.75) is 42.8 Å². The van der Waals surface area contributed by atoms with Crippen molar-refractivity contribution in [1.29, 1.82) is 0 Å². The van der Waals surface area contributed by atoms with E-state index in [2.05, 4.69) is 22.2 Å². The maximum atomic E-state index is 13.5. The van der Waals surface area contributed by atoms with E-state index in [9.17, 15) is 27.6 Å². The topological polar surface area (TPSA) is 93.1 Å². The average molecular weight is 503 g/mol. The van der Waals surface area contributed by atoms with E-state index >= 15 is 0 Å². The van der Waals surface area contributed by atoms with Crippen molar-refractivity contribution < 1.29 is 22.8 Å². The number of aromatic nitrogens is 2. The molecule has 2 aromatic carbocycles. The number of aryl methyl sites for hydroxylation is 1. The number of hydrogen-bond acceptors (Lipinski definition) is 5. The molecule has 35 heavy (non-hydrogen) atoms. The second-order valence-corrected chi connectivity index (χ2v) is 9.19. The lowest BCUT2D eigenvalue weighted by molar-refractivity contribution is -0.124. The fourth-order valence-electron chi connectivity index (χ4n) is 4.03. The van der Waals surface area contributed by atoms with Crippen molar-refractivity contribution in [2.24, 2.45) is 0 Å². The second kappa shape index (κ2) is 9.57. The van der Waals surface area contributed by atoms with E-state index in [1.165, 1.54) is 28.8 Å². The van der Waals surface area contributed by atoms with Crippen LogP contribution in [0.25, 0.3) is 10.9 Å². The Morgan fingerprint density at radius 1 is 1.23 bits per heavy atom. The molecule has 11 heteroatoms. The van der Waals surface area contributed by atoms with Crippen LogP contribution in [-0.4, -0.2) is 26.9 Å². The third kappa shape index (κ3) is 5.40. The van der Waals surface area contributed by atoms with E-state index in [1.807, 2.05) is 0 Å². The lowest BCUT2D eigenvalue weighted by Crippen LogP contribution is -2.41. The Hall–Kier alpha value is -3.60. The summed E-state index contributed by atoms with van der Waals surface area (Å²) in [6, 6.07) is 9.40. The summed E-state index contributed by atoms with van der Waals surface area (Å²) >= 11 is -0.260. The molecule has 0 aliphatic carbocycles. The molecule has 182 valence electrons.